The average Bonchev–Trinajstić information content (AvgIpc) is 2.15. The summed E-state index contributed by atoms with van der Waals surface area (Å²) in [6.07, 6.45) is 0. The fraction of sp³-hybridized carbons (Fsp3) is 0.125. The molecule has 0 unspecified atom stereocenters. The van der Waals surface area contributed by atoms with Gasteiger partial charge in [-0.2, -0.15) is 0 Å². The maximum Gasteiger partial charge on any atom is 0.239 e. The number of oxime groups is 1. The van der Waals surface area contributed by atoms with Gasteiger partial charge in [0.05, 0.1) is 10.7 Å². The van der Waals surface area contributed by atoms with Crippen LogP contribution in [0.4, 0.5) is 0 Å². The Morgan fingerprint density at radius 2 is 2.13 bits per heavy atom. The fourth-order valence-corrected chi connectivity index (χ4v) is 2.08. The highest BCUT2D eigenvalue weighted by Gasteiger charge is 2.14. The van der Waals surface area contributed by atoms with Crippen LogP contribution in [0, 0.1) is 0 Å². The molecule has 0 fully saturated rings. The van der Waals surface area contributed by atoms with Crippen LogP contribution in [0.2, 0.25) is 5.02 Å². The van der Waals surface area contributed by atoms with Gasteiger partial charge < -0.3 is 5.21 Å². The molecule has 15 heavy (non-hydrogen) atoms. The third-order valence-corrected chi connectivity index (χ3v) is 3.20. The minimum atomic E-state index is -3.87. The number of nitrogens with two attached hydrogens (primary N) is 1. The molecule has 1 aromatic rings. The molecule has 0 atom stereocenters. The fourth-order valence-electron chi connectivity index (χ4n) is 1.00. The molecule has 0 saturated heterocycles. The van der Waals surface area contributed by atoms with Crippen LogP contribution in [-0.4, -0.2) is 19.3 Å². The van der Waals surface area contributed by atoms with Crippen LogP contribution in [0.25, 0.3) is 0 Å². The maximum absolute atomic E-state index is 11.1. The van der Waals surface area contributed by atoms with Gasteiger partial charge >= 0.3 is 0 Å². The van der Waals surface area contributed by atoms with Crippen molar-refractivity contribution in [3.8, 4) is 0 Å². The van der Waals surface area contributed by atoms with Crippen LogP contribution in [0.3, 0.4) is 0 Å². The van der Waals surface area contributed by atoms with Gasteiger partial charge in [0.1, 0.15) is 4.90 Å². The van der Waals surface area contributed by atoms with Crippen LogP contribution in [-0.2, 0) is 10.0 Å². The molecular weight excluding hydrogens is 240 g/mol. The smallest absolute Gasteiger partial charge is 0.239 e. The second-order valence-corrected chi connectivity index (χ2v) is 4.81. The van der Waals surface area contributed by atoms with Gasteiger partial charge in [-0.3, -0.25) is 0 Å². The zero-order chi connectivity index (χ0) is 11.6. The van der Waals surface area contributed by atoms with Gasteiger partial charge in [-0.1, -0.05) is 22.8 Å². The molecule has 1 aromatic carbocycles. The number of sulfonamides is 1. The molecular formula is C8H9ClN2O3S. The van der Waals surface area contributed by atoms with E-state index in [0.717, 1.165) is 0 Å². The van der Waals surface area contributed by atoms with Gasteiger partial charge in [-0.15, -0.1) is 0 Å². The monoisotopic (exact) mass is 248 g/mol. The number of primary sulfonamides is 1. The minimum absolute atomic E-state index is 0.0342. The number of halogens is 1. The summed E-state index contributed by atoms with van der Waals surface area (Å²) in [5.74, 6) is 0. The first kappa shape index (κ1) is 12.0. The maximum atomic E-state index is 11.1. The van der Waals surface area contributed by atoms with Crippen molar-refractivity contribution in [3.63, 3.8) is 0 Å². The van der Waals surface area contributed by atoms with Crippen molar-refractivity contribution in [3.05, 3.63) is 28.8 Å². The van der Waals surface area contributed by atoms with Crippen LogP contribution in [0.5, 0.6) is 0 Å². The predicted octanol–water partition coefficient (Wildman–Crippen LogP) is 1.19. The lowest BCUT2D eigenvalue weighted by Crippen LogP contribution is -2.13. The number of rotatable bonds is 2. The van der Waals surface area contributed by atoms with E-state index in [0.29, 0.717) is 5.56 Å². The van der Waals surface area contributed by atoms with Gasteiger partial charge in [-0.25, -0.2) is 13.6 Å². The number of benzene rings is 1. The minimum Gasteiger partial charge on any atom is -0.411 e. The summed E-state index contributed by atoms with van der Waals surface area (Å²) >= 11 is 5.67. The van der Waals surface area contributed by atoms with E-state index in [2.05, 4.69) is 5.16 Å². The summed E-state index contributed by atoms with van der Waals surface area (Å²) in [7, 11) is -3.87. The molecule has 82 valence electrons. The topological polar surface area (TPSA) is 92.8 Å². The molecule has 3 N–H and O–H groups in total. The molecule has 0 aromatic heterocycles. The van der Waals surface area contributed by atoms with E-state index < -0.39 is 10.0 Å². The second-order valence-electron chi connectivity index (χ2n) is 2.88. The van der Waals surface area contributed by atoms with Crippen molar-refractivity contribution < 1.29 is 13.6 Å². The van der Waals surface area contributed by atoms with Gasteiger partial charge in [0.25, 0.3) is 0 Å². The van der Waals surface area contributed by atoms with E-state index in [1.165, 1.54) is 25.1 Å². The van der Waals surface area contributed by atoms with Gasteiger partial charge in [0.15, 0.2) is 0 Å². The lowest BCUT2D eigenvalue weighted by Gasteiger charge is -2.04. The summed E-state index contributed by atoms with van der Waals surface area (Å²) in [5.41, 5.74) is 0.711. The Hall–Kier alpha value is -1.11. The Morgan fingerprint density at radius 3 is 2.60 bits per heavy atom. The zero-order valence-corrected chi connectivity index (χ0v) is 9.38. The van der Waals surface area contributed by atoms with Crippen molar-refractivity contribution >= 4 is 27.3 Å². The first-order chi connectivity index (χ1) is 6.86. The predicted molar refractivity (Wildman–Crippen MR) is 56.8 cm³/mol. The first-order valence-electron chi connectivity index (χ1n) is 3.87. The van der Waals surface area contributed by atoms with E-state index in [4.69, 9.17) is 21.9 Å². The highest BCUT2D eigenvalue weighted by Crippen LogP contribution is 2.21. The highest BCUT2D eigenvalue weighted by atomic mass is 35.5. The van der Waals surface area contributed by atoms with E-state index in [-0.39, 0.29) is 15.6 Å². The Kier molecular flexibility index (Phi) is 3.33. The summed E-state index contributed by atoms with van der Waals surface area (Å²) in [6.45, 7) is 1.52. The molecule has 7 heteroatoms. The third kappa shape index (κ3) is 2.68. The summed E-state index contributed by atoms with van der Waals surface area (Å²) in [4.78, 5) is -0.190. The highest BCUT2D eigenvalue weighted by molar-refractivity contribution is 7.89. The number of nitrogens with zero attached hydrogens (tertiary/aromatic N) is 1. The van der Waals surface area contributed by atoms with Crippen molar-refractivity contribution in [1.82, 2.24) is 0 Å². The van der Waals surface area contributed by atoms with Crippen LogP contribution in [0.1, 0.15) is 12.5 Å². The van der Waals surface area contributed by atoms with Crippen LogP contribution >= 0.6 is 11.6 Å². The normalized spacial score (nSPS) is 12.9. The van der Waals surface area contributed by atoms with E-state index in [9.17, 15) is 8.42 Å². The number of hydrogen-bond donors (Lipinski definition) is 2. The van der Waals surface area contributed by atoms with E-state index in [1.807, 2.05) is 0 Å². The van der Waals surface area contributed by atoms with E-state index >= 15 is 0 Å². The largest absolute Gasteiger partial charge is 0.411 e. The Bertz CT molecular complexity index is 511. The van der Waals surface area contributed by atoms with Crippen molar-refractivity contribution in [1.29, 1.82) is 0 Å². The molecule has 5 nitrogen and oxygen atoms in total. The molecule has 0 spiro atoms. The standard InChI is InChI=1S/C8H9ClN2O3S/c1-5(11-12)6-2-3-7(9)8(4-6)15(10,13)14/h2-4,12H,1H3,(H2,10,13,14). The lowest BCUT2D eigenvalue weighted by molar-refractivity contribution is 0.319. The molecule has 1 rings (SSSR count). The molecule has 0 saturated carbocycles. The second kappa shape index (κ2) is 4.18. The summed E-state index contributed by atoms with van der Waals surface area (Å²) in [6, 6.07) is 4.17. The van der Waals surface area contributed by atoms with Crippen LogP contribution in [0.15, 0.2) is 28.3 Å². The summed E-state index contributed by atoms with van der Waals surface area (Å²) in [5, 5.41) is 16.5. The zero-order valence-electron chi connectivity index (χ0n) is 7.81. The SMILES string of the molecule is CC(=NO)c1ccc(Cl)c(S(N)(=O)=O)c1. The summed E-state index contributed by atoms with van der Waals surface area (Å²) < 4.78 is 22.2. The van der Waals surface area contributed by atoms with Gasteiger partial charge in [-0.05, 0) is 19.1 Å². The number of hydrogen-bond acceptors (Lipinski definition) is 4. The molecule has 0 heterocycles. The molecule has 0 amide bonds. The first-order valence-corrected chi connectivity index (χ1v) is 5.80. The Balaban J connectivity index is 3.43. The Labute approximate surface area is 92.2 Å². The van der Waals surface area contributed by atoms with Crippen molar-refractivity contribution in [2.75, 3.05) is 0 Å². The molecule has 0 radical (unpaired) electrons. The molecule has 0 bridgehead atoms. The molecule has 0 aliphatic heterocycles. The third-order valence-electron chi connectivity index (χ3n) is 1.81. The molecule has 0 aliphatic rings. The van der Waals surface area contributed by atoms with Gasteiger partial charge in [0.2, 0.25) is 10.0 Å². The van der Waals surface area contributed by atoms with E-state index in [1.54, 1.807) is 0 Å². The Morgan fingerprint density at radius 1 is 1.53 bits per heavy atom. The van der Waals surface area contributed by atoms with Crippen molar-refractivity contribution in [2.45, 2.75) is 11.8 Å². The quantitative estimate of drug-likeness (QED) is 0.468. The van der Waals surface area contributed by atoms with Crippen LogP contribution < -0.4 is 5.14 Å². The average molecular weight is 249 g/mol. The van der Waals surface area contributed by atoms with Crippen molar-refractivity contribution in [2.24, 2.45) is 10.3 Å². The lowest BCUT2D eigenvalue weighted by atomic mass is 10.1. The molecule has 0 aliphatic carbocycles. The van der Waals surface area contributed by atoms with Gasteiger partial charge in [0, 0.05) is 5.56 Å².